The summed E-state index contributed by atoms with van der Waals surface area (Å²) in [5, 5.41) is 13.4. The van der Waals surface area contributed by atoms with Gasteiger partial charge in [-0.3, -0.25) is 4.79 Å². The maximum atomic E-state index is 11.0. The number of rotatable bonds is 5. The SMILES string of the molecule is O=C(O)C1CCC(NCc2ccc(-c3cccc(Cl)c3)s2)CC1. The van der Waals surface area contributed by atoms with Crippen LogP contribution in [0.25, 0.3) is 10.4 Å². The first-order valence-corrected chi connectivity index (χ1v) is 9.12. The highest BCUT2D eigenvalue weighted by Gasteiger charge is 2.25. The third kappa shape index (κ3) is 4.34. The molecule has 0 atom stereocenters. The van der Waals surface area contributed by atoms with Crippen molar-refractivity contribution in [3.05, 3.63) is 46.3 Å². The molecule has 1 heterocycles. The Bertz CT molecular complexity index is 677. The number of carbonyl (C=O) groups is 1. The van der Waals surface area contributed by atoms with Gasteiger partial charge in [0, 0.05) is 27.4 Å². The quantitative estimate of drug-likeness (QED) is 0.815. The second kappa shape index (κ2) is 7.47. The topological polar surface area (TPSA) is 49.3 Å². The minimum Gasteiger partial charge on any atom is -0.481 e. The second-order valence-electron chi connectivity index (χ2n) is 6.04. The molecule has 0 unspecified atom stereocenters. The van der Waals surface area contributed by atoms with Crippen molar-refractivity contribution >= 4 is 28.9 Å². The standard InChI is InChI=1S/C18H20ClNO2S/c19-14-3-1-2-13(10-14)17-9-8-16(23-17)11-20-15-6-4-12(5-7-15)18(21)22/h1-3,8-10,12,15,20H,4-7,11H2,(H,21,22). The average Bonchev–Trinajstić information content (AvgIpc) is 3.02. The average molecular weight is 350 g/mol. The van der Waals surface area contributed by atoms with Crippen molar-refractivity contribution in [1.82, 2.24) is 5.32 Å². The van der Waals surface area contributed by atoms with Gasteiger partial charge < -0.3 is 10.4 Å². The van der Waals surface area contributed by atoms with Crippen molar-refractivity contribution in [1.29, 1.82) is 0 Å². The van der Waals surface area contributed by atoms with Gasteiger partial charge in [0.15, 0.2) is 0 Å². The summed E-state index contributed by atoms with van der Waals surface area (Å²) in [6, 6.07) is 12.6. The number of hydrogen-bond donors (Lipinski definition) is 2. The summed E-state index contributed by atoms with van der Waals surface area (Å²) in [6.07, 6.45) is 3.46. The maximum absolute atomic E-state index is 11.0. The van der Waals surface area contributed by atoms with Crippen LogP contribution >= 0.6 is 22.9 Å². The third-order valence-corrected chi connectivity index (χ3v) is 5.78. The van der Waals surface area contributed by atoms with Crippen LogP contribution in [0.5, 0.6) is 0 Å². The molecule has 0 radical (unpaired) electrons. The lowest BCUT2D eigenvalue weighted by molar-refractivity contribution is -0.142. The van der Waals surface area contributed by atoms with Gasteiger partial charge in [0.05, 0.1) is 5.92 Å². The number of halogens is 1. The molecule has 1 saturated carbocycles. The van der Waals surface area contributed by atoms with Crippen LogP contribution in [0.1, 0.15) is 30.6 Å². The number of carboxylic acids is 1. The number of benzene rings is 1. The van der Waals surface area contributed by atoms with Gasteiger partial charge in [-0.05, 0) is 55.5 Å². The predicted molar refractivity (Wildman–Crippen MR) is 95.0 cm³/mol. The molecule has 5 heteroatoms. The molecule has 0 bridgehead atoms. The highest BCUT2D eigenvalue weighted by molar-refractivity contribution is 7.15. The van der Waals surface area contributed by atoms with Gasteiger partial charge in [-0.15, -0.1) is 11.3 Å². The highest BCUT2D eigenvalue weighted by Crippen LogP contribution is 2.30. The lowest BCUT2D eigenvalue weighted by Crippen LogP contribution is -2.34. The zero-order valence-corrected chi connectivity index (χ0v) is 14.4. The molecular formula is C18H20ClNO2S. The molecule has 0 saturated heterocycles. The van der Waals surface area contributed by atoms with E-state index in [2.05, 4.69) is 23.5 Å². The summed E-state index contributed by atoms with van der Waals surface area (Å²) in [6.45, 7) is 0.841. The molecule has 122 valence electrons. The second-order valence-corrected chi connectivity index (χ2v) is 7.65. The lowest BCUT2D eigenvalue weighted by atomic mass is 9.86. The smallest absolute Gasteiger partial charge is 0.306 e. The Morgan fingerprint density at radius 1 is 1.22 bits per heavy atom. The summed E-state index contributed by atoms with van der Waals surface area (Å²) in [4.78, 5) is 13.5. The van der Waals surface area contributed by atoms with Gasteiger partial charge in [-0.1, -0.05) is 23.7 Å². The molecule has 2 aromatic rings. The number of thiophene rings is 1. The summed E-state index contributed by atoms with van der Waals surface area (Å²) in [5.74, 6) is -0.794. The third-order valence-electron chi connectivity index (χ3n) is 4.41. The molecule has 1 aliphatic carbocycles. The first kappa shape index (κ1) is 16.5. The summed E-state index contributed by atoms with van der Waals surface area (Å²) in [7, 11) is 0. The number of hydrogen-bond acceptors (Lipinski definition) is 3. The molecule has 2 N–H and O–H groups in total. The van der Waals surface area contributed by atoms with E-state index in [-0.39, 0.29) is 5.92 Å². The van der Waals surface area contributed by atoms with E-state index in [4.69, 9.17) is 16.7 Å². The Hall–Kier alpha value is -1.36. The Balaban J connectivity index is 1.53. The maximum Gasteiger partial charge on any atom is 0.306 e. The minimum atomic E-state index is -0.645. The monoisotopic (exact) mass is 349 g/mol. The van der Waals surface area contributed by atoms with Crippen LogP contribution in [0.4, 0.5) is 0 Å². The van der Waals surface area contributed by atoms with Gasteiger partial charge in [-0.2, -0.15) is 0 Å². The molecule has 1 aliphatic rings. The molecule has 23 heavy (non-hydrogen) atoms. The van der Waals surface area contributed by atoms with E-state index in [1.807, 2.05) is 18.2 Å². The number of nitrogens with one attached hydrogen (secondary N) is 1. The van der Waals surface area contributed by atoms with E-state index in [0.717, 1.165) is 42.8 Å². The predicted octanol–water partition coefficient (Wildman–Crippen LogP) is 4.80. The molecule has 0 spiro atoms. The van der Waals surface area contributed by atoms with Gasteiger partial charge in [0.25, 0.3) is 0 Å². The largest absolute Gasteiger partial charge is 0.481 e. The fraction of sp³-hybridized carbons (Fsp3) is 0.389. The van der Waals surface area contributed by atoms with Crippen LogP contribution in [0.2, 0.25) is 5.02 Å². The zero-order valence-electron chi connectivity index (χ0n) is 12.8. The van der Waals surface area contributed by atoms with Crippen LogP contribution in [0.3, 0.4) is 0 Å². The molecular weight excluding hydrogens is 330 g/mol. The minimum absolute atomic E-state index is 0.149. The van der Waals surface area contributed by atoms with E-state index < -0.39 is 5.97 Å². The molecule has 3 nitrogen and oxygen atoms in total. The summed E-state index contributed by atoms with van der Waals surface area (Å²) >= 11 is 7.82. The van der Waals surface area contributed by atoms with Crippen molar-refractivity contribution in [3.63, 3.8) is 0 Å². The van der Waals surface area contributed by atoms with Gasteiger partial charge >= 0.3 is 5.97 Å². The molecule has 1 fully saturated rings. The molecule has 0 aliphatic heterocycles. The van der Waals surface area contributed by atoms with Gasteiger partial charge in [0.2, 0.25) is 0 Å². The van der Waals surface area contributed by atoms with E-state index in [0.29, 0.717) is 6.04 Å². The Morgan fingerprint density at radius 3 is 2.70 bits per heavy atom. The number of aliphatic carboxylic acids is 1. The van der Waals surface area contributed by atoms with Crippen molar-refractivity contribution < 1.29 is 9.90 Å². The van der Waals surface area contributed by atoms with Crippen LogP contribution in [-0.4, -0.2) is 17.1 Å². The van der Waals surface area contributed by atoms with E-state index in [9.17, 15) is 4.79 Å². The summed E-state index contributed by atoms with van der Waals surface area (Å²) in [5.41, 5.74) is 1.15. The van der Waals surface area contributed by atoms with Crippen molar-refractivity contribution in [2.45, 2.75) is 38.3 Å². The Labute approximate surface area is 145 Å². The van der Waals surface area contributed by atoms with E-state index in [1.54, 1.807) is 11.3 Å². The summed E-state index contributed by atoms with van der Waals surface area (Å²) < 4.78 is 0. The van der Waals surface area contributed by atoms with Crippen LogP contribution in [0.15, 0.2) is 36.4 Å². The van der Waals surface area contributed by atoms with Crippen LogP contribution in [0, 0.1) is 5.92 Å². The van der Waals surface area contributed by atoms with Crippen molar-refractivity contribution in [2.24, 2.45) is 5.92 Å². The van der Waals surface area contributed by atoms with Crippen molar-refractivity contribution in [3.8, 4) is 10.4 Å². The fourth-order valence-electron chi connectivity index (χ4n) is 3.06. The molecule has 3 rings (SSSR count). The number of carboxylic acid groups (broad SMARTS) is 1. The Kier molecular flexibility index (Phi) is 5.36. The van der Waals surface area contributed by atoms with Crippen LogP contribution in [-0.2, 0) is 11.3 Å². The lowest BCUT2D eigenvalue weighted by Gasteiger charge is -2.26. The normalized spacial score (nSPS) is 21.3. The van der Waals surface area contributed by atoms with Gasteiger partial charge in [0.1, 0.15) is 0 Å². The van der Waals surface area contributed by atoms with Gasteiger partial charge in [-0.25, -0.2) is 0 Å². The van der Waals surface area contributed by atoms with E-state index in [1.165, 1.54) is 9.75 Å². The van der Waals surface area contributed by atoms with E-state index >= 15 is 0 Å². The fourth-order valence-corrected chi connectivity index (χ4v) is 4.20. The Morgan fingerprint density at radius 2 is 2.00 bits per heavy atom. The highest BCUT2D eigenvalue weighted by atomic mass is 35.5. The van der Waals surface area contributed by atoms with Crippen LogP contribution < -0.4 is 5.32 Å². The van der Waals surface area contributed by atoms with Crippen molar-refractivity contribution in [2.75, 3.05) is 0 Å². The first-order valence-electron chi connectivity index (χ1n) is 7.92. The molecule has 1 aromatic carbocycles. The molecule has 1 aromatic heterocycles. The molecule has 0 amide bonds. The zero-order chi connectivity index (χ0) is 16.2. The first-order chi connectivity index (χ1) is 11.1.